The van der Waals surface area contributed by atoms with Crippen molar-refractivity contribution in [3.63, 3.8) is 0 Å². The van der Waals surface area contributed by atoms with Crippen LogP contribution < -0.4 is 0 Å². The molecule has 6 atom stereocenters. The van der Waals surface area contributed by atoms with Crippen molar-refractivity contribution in [3.8, 4) is 0 Å². The third-order valence-electron chi connectivity index (χ3n) is 9.26. The second-order valence-electron chi connectivity index (χ2n) is 10.1. The third kappa shape index (κ3) is 2.06. The van der Waals surface area contributed by atoms with Gasteiger partial charge in [-0.3, -0.25) is 0 Å². The predicted molar refractivity (Wildman–Crippen MR) is 91.0 cm³/mol. The van der Waals surface area contributed by atoms with Gasteiger partial charge in [-0.15, -0.1) is 0 Å². The molecule has 4 aliphatic carbocycles. The Morgan fingerprint density at radius 2 is 1.61 bits per heavy atom. The third-order valence-corrected chi connectivity index (χ3v) is 9.26. The van der Waals surface area contributed by atoms with Crippen LogP contribution in [0, 0.1) is 34.5 Å². The fourth-order valence-corrected chi connectivity index (χ4v) is 7.95. The molecule has 5 aliphatic rings. The molecule has 23 heavy (non-hydrogen) atoms. The van der Waals surface area contributed by atoms with Gasteiger partial charge in [-0.1, -0.05) is 20.3 Å². The lowest BCUT2D eigenvalue weighted by Gasteiger charge is -2.61. The van der Waals surface area contributed by atoms with Gasteiger partial charge in [-0.05, 0) is 79.4 Å². The van der Waals surface area contributed by atoms with Crippen LogP contribution in [0.3, 0.4) is 0 Å². The van der Waals surface area contributed by atoms with Crippen LogP contribution >= 0.6 is 0 Å². The van der Waals surface area contributed by atoms with Gasteiger partial charge < -0.3 is 9.47 Å². The first-order valence-electron chi connectivity index (χ1n) is 10.3. The molecule has 0 aromatic rings. The minimum absolute atomic E-state index is 0.187. The van der Waals surface area contributed by atoms with Crippen molar-refractivity contribution in [3.05, 3.63) is 0 Å². The molecule has 1 heterocycles. The molecule has 0 bridgehead atoms. The van der Waals surface area contributed by atoms with E-state index >= 15 is 0 Å². The molecule has 1 spiro atoms. The Kier molecular flexibility index (Phi) is 3.29. The minimum Gasteiger partial charge on any atom is -0.348 e. The number of rotatable bonds is 0. The van der Waals surface area contributed by atoms with Crippen LogP contribution in [0.15, 0.2) is 0 Å². The smallest absolute Gasteiger partial charge is 0.168 e. The van der Waals surface area contributed by atoms with E-state index in [1.165, 1.54) is 57.8 Å². The van der Waals surface area contributed by atoms with Crippen LogP contribution in [-0.2, 0) is 9.47 Å². The maximum Gasteiger partial charge on any atom is 0.168 e. The van der Waals surface area contributed by atoms with Crippen LogP contribution in [0.4, 0.5) is 0 Å². The molecule has 0 aromatic heterocycles. The Labute approximate surface area is 141 Å². The molecular weight excluding hydrogens is 284 g/mol. The van der Waals surface area contributed by atoms with Gasteiger partial charge in [-0.2, -0.15) is 0 Å². The van der Waals surface area contributed by atoms with E-state index in [0.717, 1.165) is 43.3 Å². The normalized spacial score (nSPS) is 54.5. The molecule has 5 rings (SSSR count). The quantitative estimate of drug-likeness (QED) is 0.614. The van der Waals surface area contributed by atoms with E-state index in [2.05, 4.69) is 13.8 Å². The Bertz CT molecular complexity index is 482. The Hall–Kier alpha value is -0.0800. The summed E-state index contributed by atoms with van der Waals surface area (Å²) in [5.41, 5.74) is 1.26. The summed E-state index contributed by atoms with van der Waals surface area (Å²) in [4.78, 5) is 0. The van der Waals surface area contributed by atoms with Crippen molar-refractivity contribution in [1.82, 2.24) is 0 Å². The summed E-state index contributed by atoms with van der Waals surface area (Å²) in [5, 5.41) is 0. The monoisotopic (exact) mass is 318 g/mol. The van der Waals surface area contributed by atoms with Crippen molar-refractivity contribution >= 4 is 0 Å². The summed E-state index contributed by atoms with van der Waals surface area (Å²) in [6, 6.07) is 0. The molecule has 4 saturated carbocycles. The van der Waals surface area contributed by atoms with Crippen LogP contribution in [0.1, 0.15) is 78.1 Å². The van der Waals surface area contributed by atoms with Gasteiger partial charge in [0.15, 0.2) is 5.79 Å². The van der Waals surface area contributed by atoms with E-state index in [9.17, 15) is 0 Å². The van der Waals surface area contributed by atoms with E-state index in [4.69, 9.17) is 9.47 Å². The highest BCUT2D eigenvalue weighted by atomic mass is 16.7. The zero-order chi connectivity index (χ0) is 15.7. The van der Waals surface area contributed by atoms with Gasteiger partial charge in [0.05, 0.1) is 13.2 Å². The second kappa shape index (κ2) is 4.97. The van der Waals surface area contributed by atoms with Crippen LogP contribution in [0.5, 0.6) is 0 Å². The number of hydrogen-bond donors (Lipinski definition) is 0. The Balaban J connectivity index is 1.41. The molecule has 1 aliphatic heterocycles. The van der Waals surface area contributed by atoms with Gasteiger partial charge in [0.25, 0.3) is 0 Å². The molecule has 0 N–H and O–H groups in total. The molecule has 2 heteroatoms. The standard InChI is InChI=1S/C21H34O2/c1-19-8-3-4-17(19)16-6-5-15-14-21(22-12-13-23-21)11-10-20(15,2)18(16)7-9-19/h15-18H,3-14H2,1-2H3/t15-,16-,17+,18+,19+,20-/m0/s1. The maximum absolute atomic E-state index is 6.07. The SMILES string of the molecule is C[C@]12CCC[C@@H]1[C@@H]1CC[C@H]3CC4(CC[C@]3(C)[C@@H]1CC2)OCCO4. The summed E-state index contributed by atoms with van der Waals surface area (Å²) in [6.45, 7) is 6.89. The fourth-order valence-electron chi connectivity index (χ4n) is 7.95. The van der Waals surface area contributed by atoms with Crippen molar-refractivity contribution in [2.24, 2.45) is 34.5 Å². The molecule has 0 amide bonds. The largest absolute Gasteiger partial charge is 0.348 e. The Morgan fingerprint density at radius 1 is 0.783 bits per heavy atom. The van der Waals surface area contributed by atoms with E-state index in [1.54, 1.807) is 0 Å². The van der Waals surface area contributed by atoms with Gasteiger partial charge in [0.1, 0.15) is 0 Å². The number of hydrogen-bond acceptors (Lipinski definition) is 2. The van der Waals surface area contributed by atoms with Crippen molar-refractivity contribution < 1.29 is 9.47 Å². The van der Waals surface area contributed by atoms with Crippen molar-refractivity contribution in [2.45, 2.75) is 83.8 Å². The van der Waals surface area contributed by atoms with Gasteiger partial charge in [-0.25, -0.2) is 0 Å². The van der Waals surface area contributed by atoms with Crippen molar-refractivity contribution in [2.75, 3.05) is 13.2 Å². The van der Waals surface area contributed by atoms with E-state index in [1.807, 2.05) is 0 Å². The molecular formula is C21H34O2. The lowest BCUT2D eigenvalue weighted by atomic mass is 9.45. The lowest BCUT2D eigenvalue weighted by Crippen LogP contribution is -2.55. The molecule has 1 saturated heterocycles. The summed E-state index contributed by atoms with van der Waals surface area (Å²) >= 11 is 0. The summed E-state index contributed by atoms with van der Waals surface area (Å²) in [5.74, 6) is 3.69. The van der Waals surface area contributed by atoms with Crippen LogP contribution in [0.25, 0.3) is 0 Å². The molecule has 0 unspecified atom stereocenters. The zero-order valence-electron chi connectivity index (χ0n) is 15.1. The highest BCUT2D eigenvalue weighted by Crippen LogP contribution is 2.67. The minimum atomic E-state index is -0.187. The Morgan fingerprint density at radius 3 is 2.43 bits per heavy atom. The van der Waals surface area contributed by atoms with Crippen LogP contribution in [0.2, 0.25) is 0 Å². The molecule has 0 aromatic carbocycles. The first kappa shape index (κ1) is 15.2. The second-order valence-corrected chi connectivity index (χ2v) is 10.1. The van der Waals surface area contributed by atoms with E-state index < -0.39 is 0 Å². The zero-order valence-corrected chi connectivity index (χ0v) is 15.1. The topological polar surface area (TPSA) is 18.5 Å². The average molecular weight is 319 g/mol. The first-order valence-corrected chi connectivity index (χ1v) is 10.3. The summed E-state index contributed by atoms with van der Waals surface area (Å²) in [6.07, 6.45) is 14.1. The highest BCUT2D eigenvalue weighted by molar-refractivity contribution is 5.08. The molecule has 130 valence electrons. The first-order chi connectivity index (χ1) is 11.0. The van der Waals surface area contributed by atoms with E-state index in [-0.39, 0.29) is 5.79 Å². The average Bonchev–Trinajstić information content (AvgIpc) is 3.15. The fraction of sp³-hybridized carbons (Fsp3) is 1.00. The number of ether oxygens (including phenoxy) is 2. The van der Waals surface area contributed by atoms with Gasteiger partial charge in [0, 0.05) is 12.8 Å². The van der Waals surface area contributed by atoms with Gasteiger partial charge >= 0.3 is 0 Å². The summed E-state index contributed by atoms with van der Waals surface area (Å²) < 4.78 is 12.1. The number of fused-ring (bicyclic) bond motifs is 5. The summed E-state index contributed by atoms with van der Waals surface area (Å²) in [7, 11) is 0. The lowest BCUT2D eigenvalue weighted by molar-refractivity contribution is -0.229. The predicted octanol–water partition coefficient (Wildman–Crippen LogP) is 5.16. The molecule has 2 nitrogen and oxygen atoms in total. The van der Waals surface area contributed by atoms with Crippen molar-refractivity contribution in [1.29, 1.82) is 0 Å². The van der Waals surface area contributed by atoms with E-state index in [0.29, 0.717) is 10.8 Å². The molecule has 5 fully saturated rings. The highest BCUT2D eigenvalue weighted by Gasteiger charge is 2.60. The van der Waals surface area contributed by atoms with Crippen LogP contribution in [-0.4, -0.2) is 19.0 Å². The van der Waals surface area contributed by atoms with Gasteiger partial charge in [0.2, 0.25) is 0 Å². The molecule has 0 radical (unpaired) electrons. The maximum atomic E-state index is 6.07.